The summed E-state index contributed by atoms with van der Waals surface area (Å²) >= 11 is 5.87. The molecule has 22 heavy (non-hydrogen) atoms. The number of hydrogen-bond acceptors (Lipinski definition) is 4. The third-order valence-corrected chi connectivity index (χ3v) is 4.07. The number of halogens is 1. The van der Waals surface area contributed by atoms with Crippen LogP contribution in [0.2, 0.25) is 5.02 Å². The molecule has 0 heterocycles. The standard InChI is InChI=1S/C17H22ClN3O/c1-10-7-12(17(2,3)4)16(22)15(8-10)21-20-14-6-5-11(18)9-13(14)19/h5-6,8-9,12,20H,7,19H2,1-4H3. The highest BCUT2D eigenvalue weighted by Crippen LogP contribution is 2.35. The Morgan fingerprint density at radius 3 is 2.64 bits per heavy atom. The molecule has 5 heteroatoms. The van der Waals surface area contributed by atoms with Gasteiger partial charge in [-0.3, -0.25) is 10.2 Å². The van der Waals surface area contributed by atoms with E-state index in [1.165, 1.54) is 0 Å². The second kappa shape index (κ2) is 6.13. The van der Waals surface area contributed by atoms with Crippen LogP contribution >= 0.6 is 11.6 Å². The maximum Gasteiger partial charge on any atom is 0.186 e. The Labute approximate surface area is 136 Å². The average Bonchev–Trinajstić information content (AvgIpc) is 2.39. The molecule has 0 saturated carbocycles. The van der Waals surface area contributed by atoms with Crippen LogP contribution < -0.4 is 11.2 Å². The highest BCUT2D eigenvalue weighted by molar-refractivity contribution is 6.46. The molecule has 1 aromatic carbocycles. The van der Waals surface area contributed by atoms with Crippen LogP contribution in [-0.2, 0) is 4.79 Å². The van der Waals surface area contributed by atoms with Crippen molar-refractivity contribution in [2.24, 2.45) is 16.4 Å². The molecule has 1 aliphatic carbocycles. The fourth-order valence-electron chi connectivity index (χ4n) is 2.50. The van der Waals surface area contributed by atoms with E-state index in [-0.39, 0.29) is 17.1 Å². The van der Waals surface area contributed by atoms with Gasteiger partial charge in [0.25, 0.3) is 0 Å². The SMILES string of the molecule is CC1=CC(=NNc2ccc(Cl)cc2N)C(=O)C(C(C)(C)C)C1. The van der Waals surface area contributed by atoms with Gasteiger partial charge in [-0.15, -0.1) is 0 Å². The number of carbonyl (C=O) groups is 1. The van der Waals surface area contributed by atoms with E-state index in [0.29, 0.717) is 22.1 Å². The molecule has 1 unspecified atom stereocenters. The Balaban J connectivity index is 2.26. The largest absolute Gasteiger partial charge is 0.397 e. The number of rotatable bonds is 2. The number of anilines is 2. The van der Waals surface area contributed by atoms with Crippen molar-refractivity contribution >= 4 is 34.5 Å². The Bertz CT molecular complexity index is 656. The number of carbonyl (C=O) groups excluding carboxylic acids is 1. The quantitative estimate of drug-likeness (QED) is 0.632. The summed E-state index contributed by atoms with van der Waals surface area (Å²) in [5, 5.41) is 4.82. The van der Waals surface area contributed by atoms with Gasteiger partial charge in [-0.1, -0.05) is 37.9 Å². The monoisotopic (exact) mass is 319 g/mol. The number of benzene rings is 1. The number of nitrogens with one attached hydrogen (secondary N) is 1. The number of ketones is 1. The van der Waals surface area contributed by atoms with Crippen LogP contribution in [0.4, 0.5) is 11.4 Å². The molecule has 1 atom stereocenters. The minimum absolute atomic E-state index is 0.0550. The van der Waals surface area contributed by atoms with Crippen molar-refractivity contribution in [3.8, 4) is 0 Å². The highest BCUT2D eigenvalue weighted by Gasteiger charge is 2.35. The van der Waals surface area contributed by atoms with Crippen molar-refractivity contribution in [3.05, 3.63) is 34.9 Å². The molecule has 2 rings (SSSR count). The van der Waals surface area contributed by atoms with Gasteiger partial charge in [0.15, 0.2) is 5.78 Å². The lowest BCUT2D eigenvalue weighted by Gasteiger charge is -2.32. The highest BCUT2D eigenvalue weighted by atomic mass is 35.5. The smallest absolute Gasteiger partial charge is 0.186 e. The molecule has 1 aromatic rings. The molecule has 0 saturated heterocycles. The van der Waals surface area contributed by atoms with Gasteiger partial charge >= 0.3 is 0 Å². The zero-order valence-corrected chi connectivity index (χ0v) is 14.2. The Hall–Kier alpha value is -1.81. The van der Waals surface area contributed by atoms with Crippen LogP contribution in [0.5, 0.6) is 0 Å². The molecule has 4 nitrogen and oxygen atoms in total. The molecule has 0 aliphatic heterocycles. The molecule has 0 bridgehead atoms. The van der Waals surface area contributed by atoms with Crippen molar-refractivity contribution in [3.63, 3.8) is 0 Å². The predicted molar refractivity (Wildman–Crippen MR) is 93.2 cm³/mol. The van der Waals surface area contributed by atoms with E-state index in [4.69, 9.17) is 17.3 Å². The van der Waals surface area contributed by atoms with Crippen LogP contribution in [0.3, 0.4) is 0 Å². The normalized spacial score (nSPS) is 21.0. The average molecular weight is 320 g/mol. The van der Waals surface area contributed by atoms with E-state index in [0.717, 1.165) is 12.0 Å². The minimum atomic E-state index is -0.0906. The molecule has 0 aromatic heterocycles. The van der Waals surface area contributed by atoms with Crippen LogP contribution in [-0.4, -0.2) is 11.5 Å². The first-order chi connectivity index (χ1) is 10.2. The van der Waals surface area contributed by atoms with E-state index in [1.807, 2.05) is 13.0 Å². The van der Waals surface area contributed by atoms with Crippen molar-refractivity contribution in [2.45, 2.75) is 34.1 Å². The summed E-state index contributed by atoms with van der Waals surface area (Å²) in [6.07, 6.45) is 2.62. The molecule has 0 amide bonds. The number of hydrogen-bond donors (Lipinski definition) is 2. The van der Waals surface area contributed by atoms with Crippen LogP contribution in [0, 0.1) is 11.3 Å². The molecular formula is C17H22ClN3O. The fraction of sp³-hybridized carbons (Fsp3) is 0.412. The van der Waals surface area contributed by atoms with E-state index in [9.17, 15) is 4.79 Å². The summed E-state index contributed by atoms with van der Waals surface area (Å²) in [6, 6.07) is 5.11. The van der Waals surface area contributed by atoms with Crippen molar-refractivity contribution in [2.75, 3.05) is 11.2 Å². The molecular weight excluding hydrogens is 298 g/mol. The molecule has 1 aliphatic rings. The van der Waals surface area contributed by atoms with Crippen LogP contribution in [0.25, 0.3) is 0 Å². The maximum absolute atomic E-state index is 12.6. The fourth-order valence-corrected chi connectivity index (χ4v) is 2.68. The Kier molecular flexibility index (Phi) is 4.61. The number of nitrogens with zero attached hydrogens (tertiary/aromatic N) is 1. The topological polar surface area (TPSA) is 67.5 Å². The van der Waals surface area contributed by atoms with Gasteiger partial charge in [-0.2, -0.15) is 5.10 Å². The summed E-state index contributed by atoms with van der Waals surface area (Å²) in [7, 11) is 0. The lowest BCUT2D eigenvalue weighted by Crippen LogP contribution is -2.36. The first-order valence-corrected chi connectivity index (χ1v) is 7.66. The molecule has 0 radical (unpaired) electrons. The van der Waals surface area contributed by atoms with Crippen molar-refractivity contribution in [1.29, 1.82) is 0 Å². The molecule has 118 valence electrons. The second-order valence-electron chi connectivity index (χ2n) is 6.82. The maximum atomic E-state index is 12.6. The summed E-state index contributed by atoms with van der Waals surface area (Å²) in [5.74, 6) is 0.0127. The summed E-state index contributed by atoms with van der Waals surface area (Å²) in [5.41, 5.74) is 11.4. The number of allylic oxidation sites excluding steroid dienone is 2. The van der Waals surface area contributed by atoms with Gasteiger partial charge in [-0.05, 0) is 43.0 Å². The third-order valence-electron chi connectivity index (χ3n) is 3.83. The van der Waals surface area contributed by atoms with Gasteiger partial charge in [0.05, 0.1) is 11.4 Å². The lowest BCUT2D eigenvalue weighted by atomic mass is 9.71. The van der Waals surface area contributed by atoms with Gasteiger partial charge in [-0.25, -0.2) is 0 Å². The van der Waals surface area contributed by atoms with E-state index in [1.54, 1.807) is 18.2 Å². The van der Waals surface area contributed by atoms with Crippen molar-refractivity contribution in [1.82, 2.24) is 0 Å². The van der Waals surface area contributed by atoms with E-state index >= 15 is 0 Å². The number of nitrogen functional groups attached to an aromatic ring is 1. The number of Topliss-reactive ketones (excluding diaryl/α,β-unsaturated/α-hetero) is 1. The van der Waals surface area contributed by atoms with E-state index < -0.39 is 0 Å². The van der Waals surface area contributed by atoms with E-state index in [2.05, 4.69) is 31.3 Å². The van der Waals surface area contributed by atoms with Gasteiger partial charge < -0.3 is 5.73 Å². The Morgan fingerprint density at radius 2 is 2.05 bits per heavy atom. The predicted octanol–water partition coefficient (Wildman–Crippen LogP) is 4.27. The Morgan fingerprint density at radius 1 is 1.36 bits per heavy atom. The first-order valence-electron chi connectivity index (χ1n) is 7.28. The summed E-state index contributed by atoms with van der Waals surface area (Å²) < 4.78 is 0. The number of nitrogens with two attached hydrogens (primary N) is 1. The minimum Gasteiger partial charge on any atom is -0.397 e. The number of hydrazone groups is 1. The third kappa shape index (κ3) is 3.69. The molecule has 3 N–H and O–H groups in total. The lowest BCUT2D eigenvalue weighted by molar-refractivity contribution is -0.119. The van der Waals surface area contributed by atoms with Gasteiger partial charge in [0.1, 0.15) is 5.71 Å². The zero-order valence-electron chi connectivity index (χ0n) is 13.4. The first kappa shape index (κ1) is 16.6. The van der Waals surface area contributed by atoms with Crippen LogP contribution in [0.15, 0.2) is 34.9 Å². The van der Waals surface area contributed by atoms with Gasteiger partial charge in [0.2, 0.25) is 0 Å². The summed E-state index contributed by atoms with van der Waals surface area (Å²) in [6.45, 7) is 8.26. The summed E-state index contributed by atoms with van der Waals surface area (Å²) in [4.78, 5) is 12.6. The van der Waals surface area contributed by atoms with Crippen molar-refractivity contribution < 1.29 is 4.79 Å². The second-order valence-corrected chi connectivity index (χ2v) is 7.25. The van der Waals surface area contributed by atoms with Gasteiger partial charge in [0, 0.05) is 10.9 Å². The molecule has 0 spiro atoms. The zero-order chi connectivity index (χ0) is 16.5. The van der Waals surface area contributed by atoms with Crippen LogP contribution in [0.1, 0.15) is 34.1 Å². The molecule has 0 fully saturated rings.